The van der Waals surface area contributed by atoms with E-state index in [-0.39, 0.29) is 5.69 Å². The van der Waals surface area contributed by atoms with Crippen LogP contribution in [0.15, 0.2) is 40.8 Å². The van der Waals surface area contributed by atoms with Crippen molar-refractivity contribution in [2.45, 2.75) is 0 Å². The molecule has 1 aromatic carbocycles. The second-order valence-corrected chi connectivity index (χ2v) is 4.27. The lowest BCUT2D eigenvalue weighted by atomic mass is 10.1. The van der Waals surface area contributed by atoms with Crippen LogP contribution in [0.5, 0.6) is 0 Å². The molecule has 6 nitrogen and oxygen atoms in total. The van der Waals surface area contributed by atoms with E-state index in [0.717, 1.165) is 6.08 Å². The Morgan fingerprint density at radius 3 is 2.75 bits per heavy atom. The van der Waals surface area contributed by atoms with Crippen LogP contribution in [0.4, 0.5) is 5.69 Å². The molecule has 0 radical (unpaired) electrons. The molecule has 1 aromatic heterocycles. The monoisotopic (exact) mass is 292 g/mol. The maximum atomic E-state index is 10.7. The van der Waals surface area contributed by atoms with Gasteiger partial charge in [-0.05, 0) is 24.3 Å². The van der Waals surface area contributed by atoms with Crippen molar-refractivity contribution in [2.75, 3.05) is 0 Å². The predicted molar refractivity (Wildman–Crippen MR) is 74.0 cm³/mol. The summed E-state index contributed by atoms with van der Waals surface area (Å²) in [6.07, 6.45) is 2.55. The number of non-ortho nitro benzene ring substituents is 1. The molecule has 20 heavy (non-hydrogen) atoms. The summed E-state index contributed by atoms with van der Waals surface area (Å²) < 4.78 is 5.43. The van der Waals surface area contributed by atoms with Gasteiger partial charge in [0.25, 0.3) is 5.69 Å². The molecule has 0 aliphatic heterocycles. The highest BCUT2D eigenvalue weighted by Gasteiger charge is 2.13. The fourth-order valence-electron chi connectivity index (χ4n) is 1.57. The summed E-state index contributed by atoms with van der Waals surface area (Å²) >= 11 is 6.00. The Bertz CT molecular complexity index is 706. The quantitative estimate of drug-likeness (QED) is 0.532. The molecule has 2 aromatic rings. The van der Waals surface area contributed by atoms with E-state index in [2.05, 4.69) is 0 Å². The van der Waals surface area contributed by atoms with Crippen LogP contribution >= 0.6 is 11.6 Å². The molecule has 0 aliphatic rings. The number of amides is 1. The van der Waals surface area contributed by atoms with E-state index < -0.39 is 10.8 Å². The molecular weight excluding hydrogens is 284 g/mol. The Morgan fingerprint density at radius 1 is 1.35 bits per heavy atom. The largest absolute Gasteiger partial charge is 0.457 e. The average Bonchev–Trinajstić information content (AvgIpc) is 2.85. The van der Waals surface area contributed by atoms with Gasteiger partial charge < -0.3 is 10.2 Å². The highest BCUT2D eigenvalue weighted by Crippen LogP contribution is 2.32. The summed E-state index contributed by atoms with van der Waals surface area (Å²) in [7, 11) is 0. The maximum Gasteiger partial charge on any atom is 0.270 e. The van der Waals surface area contributed by atoms with Crippen molar-refractivity contribution in [1.29, 1.82) is 0 Å². The van der Waals surface area contributed by atoms with Crippen LogP contribution in [-0.2, 0) is 4.79 Å². The highest BCUT2D eigenvalue weighted by atomic mass is 35.5. The Balaban J connectivity index is 2.39. The third kappa shape index (κ3) is 3.04. The van der Waals surface area contributed by atoms with Crippen molar-refractivity contribution in [3.05, 3.63) is 57.3 Å². The van der Waals surface area contributed by atoms with Gasteiger partial charge in [-0.1, -0.05) is 11.6 Å². The van der Waals surface area contributed by atoms with Gasteiger partial charge in [-0.25, -0.2) is 0 Å². The van der Waals surface area contributed by atoms with E-state index in [0.29, 0.717) is 22.1 Å². The van der Waals surface area contributed by atoms with Crippen molar-refractivity contribution in [3.8, 4) is 11.3 Å². The van der Waals surface area contributed by atoms with Crippen molar-refractivity contribution in [2.24, 2.45) is 5.73 Å². The fraction of sp³-hybridized carbons (Fsp3) is 0. The molecule has 0 saturated carbocycles. The third-order valence-corrected chi connectivity index (χ3v) is 2.79. The number of nitro benzene ring substituents is 1. The van der Waals surface area contributed by atoms with E-state index >= 15 is 0 Å². The van der Waals surface area contributed by atoms with Crippen molar-refractivity contribution < 1.29 is 14.1 Å². The number of nitro groups is 1. The van der Waals surface area contributed by atoms with E-state index in [1.165, 1.54) is 24.3 Å². The molecule has 0 saturated heterocycles. The standard InChI is InChI=1S/C13H9ClN2O4/c14-11-4-1-8(16(18)19)7-10(11)12-5-2-9(20-12)3-6-13(15)17/h1-7H,(H2,15,17)/b6-3-. The number of nitrogens with zero attached hydrogens (tertiary/aromatic N) is 1. The number of carbonyl (C=O) groups excluding carboxylic acids is 1. The molecule has 102 valence electrons. The lowest BCUT2D eigenvalue weighted by molar-refractivity contribution is -0.384. The normalized spacial score (nSPS) is 10.8. The highest BCUT2D eigenvalue weighted by molar-refractivity contribution is 6.33. The van der Waals surface area contributed by atoms with Crippen molar-refractivity contribution in [3.63, 3.8) is 0 Å². The Morgan fingerprint density at radius 2 is 2.10 bits per heavy atom. The molecule has 7 heteroatoms. The minimum absolute atomic E-state index is 0.0879. The second-order valence-electron chi connectivity index (χ2n) is 3.86. The number of benzene rings is 1. The van der Waals surface area contributed by atoms with E-state index in [1.807, 2.05) is 0 Å². The number of hydrogen-bond acceptors (Lipinski definition) is 4. The van der Waals surface area contributed by atoms with Gasteiger partial charge >= 0.3 is 0 Å². The number of furan rings is 1. The lowest BCUT2D eigenvalue weighted by Gasteiger charge is -2.00. The lowest BCUT2D eigenvalue weighted by Crippen LogP contribution is -2.04. The van der Waals surface area contributed by atoms with E-state index in [9.17, 15) is 14.9 Å². The summed E-state index contributed by atoms with van der Waals surface area (Å²) in [6, 6.07) is 7.26. The number of carbonyl (C=O) groups is 1. The molecule has 1 heterocycles. The van der Waals surface area contributed by atoms with E-state index in [1.54, 1.807) is 12.1 Å². The number of rotatable bonds is 4. The Hall–Kier alpha value is -2.60. The zero-order chi connectivity index (χ0) is 14.7. The van der Waals surface area contributed by atoms with Crippen LogP contribution in [0.25, 0.3) is 17.4 Å². The Kier molecular flexibility index (Phi) is 3.86. The van der Waals surface area contributed by atoms with Gasteiger partial charge in [0, 0.05) is 23.8 Å². The van der Waals surface area contributed by atoms with Crippen LogP contribution in [0.2, 0.25) is 5.02 Å². The molecule has 0 bridgehead atoms. The number of halogens is 1. The first kappa shape index (κ1) is 13.8. The molecule has 0 spiro atoms. The molecular formula is C13H9ClN2O4. The first-order chi connectivity index (χ1) is 9.47. The van der Waals surface area contributed by atoms with Crippen LogP contribution in [-0.4, -0.2) is 10.8 Å². The second kappa shape index (κ2) is 5.58. The summed E-state index contributed by atoms with van der Waals surface area (Å²) in [6.45, 7) is 0. The van der Waals surface area contributed by atoms with E-state index in [4.69, 9.17) is 21.8 Å². The molecule has 1 amide bonds. The summed E-state index contributed by atoms with van der Waals surface area (Å²) in [4.78, 5) is 20.9. The van der Waals surface area contributed by atoms with Gasteiger partial charge in [0.05, 0.1) is 9.95 Å². The summed E-state index contributed by atoms with van der Waals surface area (Å²) in [5.41, 5.74) is 5.29. The Labute approximate surface area is 118 Å². The maximum absolute atomic E-state index is 10.7. The van der Waals surface area contributed by atoms with Gasteiger partial charge in [0.2, 0.25) is 5.91 Å². The van der Waals surface area contributed by atoms with Crippen LogP contribution < -0.4 is 5.73 Å². The third-order valence-electron chi connectivity index (χ3n) is 2.46. The minimum atomic E-state index is -0.601. The molecule has 0 aliphatic carbocycles. The first-order valence-corrected chi connectivity index (χ1v) is 5.87. The zero-order valence-electron chi connectivity index (χ0n) is 10.1. The summed E-state index contributed by atoms with van der Waals surface area (Å²) in [5.74, 6) is 0.153. The fourth-order valence-corrected chi connectivity index (χ4v) is 1.78. The molecule has 2 rings (SSSR count). The molecule has 0 atom stereocenters. The smallest absolute Gasteiger partial charge is 0.270 e. The zero-order valence-corrected chi connectivity index (χ0v) is 10.8. The number of primary amides is 1. The average molecular weight is 293 g/mol. The molecule has 2 N–H and O–H groups in total. The topological polar surface area (TPSA) is 99.4 Å². The summed E-state index contributed by atoms with van der Waals surface area (Å²) in [5, 5.41) is 11.1. The first-order valence-electron chi connectivity index (χ1n) is 5.49. The minimum Gasteiger partial charge on any atom is -0.457 e. The van der Waals surface area contributed by atoms with Crippen molar-refractivity contribution in [1.82, 2.24) is 0 Å². The number of hydrogen-bond donors (Lipinski definition) is 1. The molecule has 0 fully saturated rings. The molecule has 0 unspecified atom stereocenters. The van der Waals surface area contributed by atoms with Crippen LogP contribution in [0.1, 0.15) is 5.76 Å². The van der Waals surface area contributed by atoms with Gasteiger partial charge in [-0.3, -0.25) is 14.9 Å². The van der Waals surface area contributed by atoms with Gasteiger partial charge in [0.15, 0.2) is 0 Å². The van der Waals surface area contributed by atoms with Gasteiger partial charge in [0.1, 0.15) is 11.5 Å². The van der Waals surface area contributed by atoms with Crippen LogP contribution in [0.3, 0.4) is 0 Å². The van der Waals surface area contributed by atoms with Gasteiger partial charge in [-0.2, -0.15) is 0 Å². The van der Waals surface area contributed by atoms with Crippen LogP contribution in [0, 0.1) is 10.1 Å². The number of nitrogens with two attached hydrogens (primary N) is 1. The SMILES string of the molecule is NC(=O)/C=C\c1ccc(-c2cc([N+](=O)[O-])ccc2Cl)o1. The predicted octanol–water partition coefficient (Wildman–Crippen LogP) is 3.01. The van der Waals surface area contributed by atoms with Gasteiger partial charge in [-0.15, -0.1) is 0 Å². The van der Waals surface area contributed by atoms with Crippen molar-refractivity contribution >= 4 is 29.3 Å².